The van der Waals surface area contributed by atoms with E-state index in [4.69, 9.17) is 15.0 Å². The highest BCUT2D eigenvalue weighted by Gasteiger charge is 2.15. The summed E-state index contributed by atoms with van der Waals surface area (Å²) in [5.74, 6) is 1.94. The predicted octanol–water partition coefficient (Wildman–Crippen LogP) is 13.0. The zero-order valence-corrected chi connectivity index (χ0v) is 29.9. The van der Waals surface area contributed by atoms with Crippen LogP contribution in [0.2, 0.25) is 0 Å². The number of benzene rings is 8. The fourth-order valence-electron chi connectivity index (χ4n) is 7.49. The summed E-state index contributed by atoms with van der Waals surface area (Å²) in [7, 11) is 0. The molecule has 55 heavy (non-hydrogen) atoms. The van der Waals surface area contributed by atoms with E-state index in [1.54, 1.807) is 0 Å². The number of para-hydroxylation sites is 1. The molecular formula is C51H34N4. The molecule has 0 N–H and O–H groups in total. The number of rotatable bonds is 7. The maximum atomic E-state index is 4.96. The quantitative estimate of drug-likeness (QED) is 0.166. The molecule has 0 radical (unpaired) electrons. The number of nitrogens with zero attached hydrogens (tertiary/aromatic N) is 4. The molecule has 2 aromatic heterocycles. The van der Waals surface area contributed by atoms with Crippen molar-refractivity contribution in [2.24, 2.45) is 0 Å². The second kappa shape index (κ2) is 13.8. The summed E-state index contributed by atoms with van der Waals surface area (Å²) in [6.07, 6.45) is 0. The van der Waals surface area contributed by atoms with Crippen molar-refractivity contribution in [3.05, 3.63) is 206 Å². The van der Waals surface area contributed by atoms with Gasteiger partial charge in [0.2, 0.25) is 0 Å². The van der Waals surface area contributed by atoms with Crippen LogP contribution in [0.25, 0.3) is 95.0 Å². The van der Waals surface area contributed by atoms with Crippen molar-refractivity contribution in [1.82, 2.24) is 19.5 Å². The molecule has 0 amide bonds. The molecule has 0 fully saturated rings. The van der Waals surface area contributed by atoms with Gasteiger partial charge in [-0.05, 0) is 63.7 Å². The maximum absolute atomic E-state index is 4.96. The van der Waals surface area contributed by atoms with Crippen LogP contribution in [0.5, 0.6) is 0 Å². The van der Waals surface area contributed by atoms with E-state index >= 15 is 0 Å². The van der Waals surface area contributed by atoms with Crippen molar-refractivity contribution in [2.75, 3.05) is 0 Å². The molecule has 0 atom stereocenters. The van der Waals surface area contributed by atoms with Crippen LogP contribution in [-0.2, 0) is 0 Å². The molecule has 0 saturated heterocycles. The lowest BCUT2D eigenvalue weighted by Crippen LogP contribution is -2.00. The number of aromatic nitrogens is 4. The van der Waals surface area contributed by atoms with Crippen molar-refractivity contribution < 1.29 is 0 Å². The lowest BCUT2D eigenvalue weighted by Gasteiger charge is -2.12. The van der Waals surface area contributed by atoms with E-state index in [-0.39, 0.29) is 0 Å². The van der Waals surface area contributed by atoms with Crippen LogP contribution in [0, 0.1) is 0 Å². The molecule has 4 heteroatoms. The van der Waals surface area contributed by atoms with Gasteiger partial charge >= 0.3 is 0 Å². The smallest absolute Gasteiger partial charge is 0.164 e. The predicted molar refractivity (Wildman–Crippen MR) is 227 cm³/mol. The molecule has 0 unspecified atom stereocenters. The van der Waals surface area contributed by atoms with E-state index in [2.05, 4.69) is 150 Å². The van der Waals surface area contributed by atoms with E-state index in [0.717, 1.165) is 33.5 Å². The first-order valence-corrected chi connectivity index (χ1v) is 18.5. The Labute approximate surface area is 319 Å². The molecule has 10 aromatic rings. The van der Waals surface area contributed by atoms with Gasteiger partial charge in [-0.1, -0.05) is 176 Å². The van der Waals surface area contributed by atoms with Crippen molar-refractivity contribution >= 4 is 21.8 Å². The van der Waals surface area contributed by atoms with E-state index in [0.29, 0.717) is 17.5 Å². The Hall–Kier alpha value is -7.43. The zero-order valence-electron chi connectivity index (χ0n) is 29.9. The van der Waals surface area contributed by atoms with E-state index in [1.165, 1.54) is 44.1 Å². The number of fused-ring (bicyclic) bond motifs is 3. The van der Waals surface area contributed by atoms with Gasteiger partial charge in [0.1, 0.15) is 0 Å². The van der Waals surface area contributed by atoms with Crippen LogP contribution in [-0.4, -0.2) is 19.5 Å². The monoisotopic (exact) mass is 702 g/mol. The van der Waals surface area contributed by atoms with Gasteiger partial charge in [-0.15, -0.1) is 0 Å². The summed E-state index contributed by atoms with van der Waals surface area (Å²) in [5.41, 5.74) is 13.3. The molecule has 0 bridgehead atoms. The highest BCUT2D eigenvalue weighted by Crippen LogP contribution is 2.36. The second-order valence-corrected chi connectivity index (χ2v) is 13.7. The number of hydrogen-bond acceptors (Lipinski definition) is 3. The average molecular weight is 703 g/mol. The first-order chi connectivity index (χ1) is 27.2. The van der Waals surface area contributed by atoms with Crippen molar-refractivity contribution in [3.8, 4) is 73.2 Å². The Kier molecular flexibility index (Phi) is 8.12. The minimum absolute atomic E-state index is 0.641. The van der Waals surface area contributed by atoms with Gasteiger partial charge in [0.05, 0.1) is 11.0 Å². The average Bonchev–Trinajstić information content (AvgIpc) is 3.61. The lowest BCUT2D eigenvalue weighted by molar-refractivity contribution is 1.07. The van der Waals surface area contributed by atoms with Crippen LogP contribution in [0.4, 0.5) is 0 Å². The minimum atomic E-state index is 0.641. The van der Waals surface area contributed by atoms with Crippen molar-refractivity contribution in [2.45, 2.75) is 0 Å². The Morgan fingerprint density at radius 2 is 0.655 bits per heavy atom. The fraction of sp³-hybridized carbons (Fsp3) is 0. The van der Waals surface area contributed by atoms with E-state index in [9.17, 15) is 0 Å². The van der Waals surface area contributed by atoms with Gasteiger partial charge in [0.25, 0.3) is 0 Å². The van der Waals surface area contributed by atoms with Gasteiger partial charge in [0, 0.05) is 33.2 Å². The molecule has 10 rings (SSSR count). The highest BCUT2D eigenvalue weighted by molar-refractivity contribution is 6.10. The Bertz CT molecular complexity index is 2880. The lowest BCUT2D eigenvalue weighted by atomic mass is 9.99. The summed E-state index contributed by atoms with van der Waals surface area (Å²) in [5, 5.41) is 2.47. The van der Waals surface area contributed by atoms with Gasteiger partial charge < -0.3 is 4.57 Å². The molecule has 8 aromatic carbocycles. The highest BCUT2D eigenvalue weighted by atomic mass is 15.0. The van der Waals surface area contributed by atoms with Crippen molar-refractivity contribution in [1.29, 1.82) is 0 Å². The second-order valence-electron chi connectivity index (χ2n) is 13.7. The molecule has 4 nitrogen and oxygen atoms in total. The third kappa shape index (κ3) is 6.16. The van der Waals surface area contributed by atoms with Crippen LogP contribution < -0.4 is 0 Å². The fourth-order valence-corrected chi connectivity index (χ4v) is 7.49. The standard InChI is InChI=1S/C51H34N4/c1-4-13-35(14-5-1)36-23-25-37(26-24-36)42-29-32-46-45-21-10-11-22-47(45)55(48(46)34-42)44-30-27-38(28-31-44)41-19-12-20-43(33-41)51-53-49(39-15-6-2-7-16-39)52-50(54-51)40-17-8-3-9-18-40/h1-34H. The summed E-state index contributed by atoms with van der Waals surface area (Å²) < 4.78 is 2.38. The van der Waals surface area contributed by atoms with Gasteiger partial charge in [-0.3, -0.25) is 0 Å². The van der Waals surface area contributed by atoms with Gasteiger partial charge in [-0.25, -0.2) is 15.0 Å². The van der Waals surface area contributed by atoms with E-state index < -0.39 is 0 Å². The van der Waals surface area contributed by atoms with Crippen LogP contribution in [0.15, 0.2) is 206 Å². The largest absolute Gasteiger partial charge is 0.309 e. The van der Waals surface area contributed by atoms with Crippen LogP contribution >= 0.6 is 0 Å². The first-order valence-electron chi connectivity index (χ1n) is 18.5. The molecule has 0 spiro atoms. The molecule has 2 heterocycles. The summed E-state index contributed by atoms with van der Waals surface area (Å²) in [6, 6.07) is 72.4. The molecule has 0 saturated carbocycles. The normalized spacial score (nSPS) is 11.3. The van der Waals surface area contributed by atoms with Gasteiger partial charge in [0.15, 0.2) is 17.5 Å². The molecule has 0 aliphatic heterocycles. The molecule has 0 aliphatic rings. The minimum Gasteiger partial charge on any atom is -0.309 e. The Morgan fingerprint density at radius 1 is 0.255 bits per heavy atom. The third-order valence-corrected chi connectivity index (χ3v) is 10.3. The Balaban J connectivity index is 1.02. The Morgan fingerprint density at radius 3 is 1.27 bits per heavy atom. The molecular weight excluding hydrogens is 669 g/mol. The number of hydrogen-bond donors (Lipinski definition) is 0. The van der Waals surface area contributed by atoms with Crippen LogP contribution in [0.3, 0.4) is 0 Å². The summed E-state index contributed by atoms with van der Waals surface area (Å²) in [4.78, 5) is 14.8. The molecule has 258 valence electrons. The summed E-state index contributed by atoms with van der Waals surface area (Å²) in [6.45, 7) is 0. The third-order valence-electron chi connectivity index (χ3n) is 10.3. The van der Waals surface area contributed by atoms with Gasteiger partial charge in [-0.2, -0.15) is 0 Å². The van der Waals surface area contributed by atoms with Crippen molar-refractivity contribution in [3.63, 3.8) is 0 Å². The first kappa shape index (κ1) is 32.2. The SMILES string of the molecule is c1ccc(-c2ccc(-c3ccc4c5ccccc5n(-c5ccc(-c6cccc(-c7nc(-c8ccccc8)nc(-c8ccccc8)n7)c6)cc5)c4c3)cc2)cc1. The van der Waals surface area contributed by atoms with E-state index in [1.807, 2.05) is 60.7 Å². The topological polar surface area (TPSA) is 43.6 Å². The van der Waals surface area contributed by atoms with Crippen LogP contribution in [0.1, 0.15) is 0 Å². The maximum Gasteiger partial charge on any atom is 0.164 e. The zero-order chi connectivity index (χ0) is 36.6. The molecule has 0 aliphatic carbocycles. The summed E-state index contributed by atoms with van der Waals surface area (Å²) >= 11 is 0.